The topological polar surface area (TPSA) is 56.8 Å². The highest BCUT2D eigenvalue weighted by Gasteiger charge is 2.36. The van der Waals surface area contributed by atoms with Crippen LogP contribution in [0.5, 0.6) is 0 Å². The number of hydrogen-bond donors (Lipinski definition) is 1. The van der Waals surface area contributed by atoms with Crippen LogP contribution in [0.15, 0.2) is 12.2 Å². The fourth-order valence-electron chi connectivity index (χ4n) is 2.42. The van der Waals surface area contributed by atoms with Crippen LogP contribution in [0.3, 0.4) is 0 Å². The van der Waals surface area contributed by atoms with Gasteiger partial charge in [-0.15, -0.1) is 0 Å². The van der Waals surface area contributed by atoms with E-state index in [0.29, 0.717) is 19.0 Å². The first-order chi connectivity index (χ1) is 11.1. The van der Waals surface area contributed by atoms with Crippen LogP contribution in [-0.2, 0) is 18.1 Å². The highest BCUT2D eigenvalue weighted by molar-refractivity contribution is 6.60. The predicted octanol–water partition coefficient (Wildman–Crippen LogP) is 3.68. The van der Waals surface area contributed by atoms with Crippen molar-refractivity contribution in [2.75, 3.05) is 27.9 Å². The Morgan fingerprint density at radius 3 is 2.17 bits per heavy atom. The lowest BCUT2D eigenvalue weighted by atomic mass is 10.1. The number of allylic oxidation sites excluding steroid dienone is 2. The first-order valence-corrected chi connectivity index (χ1v) is 10.6. The van der Waals surface area contributed by atoms with Gasteiger partial charge in [-0.3, -0.25) is 4.79 Å². The lowest BCUT2D eigenvalue weighted by molar-refractivity contribution is -0.121. The summed E-state index contributed by atoms with van der Waals surface area (Å²) < 4.78 is 16.0. The number of rotatable bonds is 15. The van der Waals surface area contributed by atoms with Crippen molar-refractivity contribution >= 4 is 14.7 Å². The summed E-state index contributed by atoms with van der Waals surface area (Å²) in [5.41, 5.74) is 0. The molecule has 0 aromatic rings. The predicted molar refractivity (Wildman–Crippen MR) is 96.3 cm³/mol. The first-order valence-electron chi connectivity index (χ1n) is 8.67. The highest BCUT2D eigenvalue weighted by atomic mass is 28.4. The summed E-state index contributed by atoms with van der Waals surface area (Å²) in [6, 6.07) is 0.711. The molecule has 0 heterocycles. The molecule has 23 heavy (non-hydrogen) atoms. The molecule has 0 aliphatic carbocycles. The molecule has 0 saturated carbocycles. The van der Waals surface area contributed by atoms with E-state index < -0.39 is 8.80 Å². The van der Waals surface area contributed by atoms with Crippen LogP contribution in [0.2, 0.25) is 6.04 Å². The smallest absolute Gasteiger partial charge is 0.377 e. The Morgan fingerprint density at radius 1 is 0.957 bits per heavy atom. The Morgan fingerprint density at radius 2 is 1.57 bits per heavy atom. The number of amides is 1. The average Bonchev–Trinajstić information content (AvgIpc) is 2.58. The van der Waals surface area contributed by atoms with E-state index >= 15 is 0 Å². The summed E-state index contributed by atoms with van der Waals surface area (Å²) in [7, 11) is 2.33. The molecule has 1 N–H and O–H groups in total. The van der Waals surface area contributed by atoms with Gasteiger partial charge in [0.15, 0.2) is 0 Å². The number of unbranched alkanes of at least 4 members (excludes halogenated alkanes) is 5. The third kappa shape index (κ3) is 11.5. The third-order valence-corrected chi connectivity index (χ3v) is 6.76. The number of carbonyl (C=O) groups is 1. The van der Waals surface area contributed by atoms with E-state index in [0.717, 1.165) is 19.3 Å². The van der Waals surface area contributed by atoms with Gasteiger partial charge in [-0.05, 0) is 32.6 Å². The van der Waals surface area contributed by atoms with E-state index in [1.165, 1.54) is 25.7 Å². The van der Waals surface area contributed by atoms with Crippen LogP contribution >= 0.6 is 0 Å². The van der Waals surface area contributed by atoms with Gasteiger partial charge in [-0.25, -0.2) is 0 Å². The number of hydrogen-bond acceptors (Lipinski definition) is 4. The van der Waals surface area contributed by atoms with Crippen molar-refractivity contribution < 1.29 is 18.1 Å². The zero-order valence-corrected chi connectivity index (χ0v) is 16.4. The minimum atomic E-state index is -2.50. The lowest BCUT2D eigenvalue weighted by Crippen LogP contribution is -2.43. The van der Waals surface area contributed by atoms with Crippen molar-refractivity contribution in [1.29, 1.82) is 0 Å². The van der Waals surface area contributed by atoms with Crippen molar-refractivity contribution in [2.24, 2.45) is 0 Å². The highest BCUT2D eigenvalue weighted by Crippen LogP contribution is 2.14. The molecular formula is C17H35NO4Si. The molecule has 1 amide bonds. The second-order valence-electron chi connectivity index (χ2n) is 5.62. The maximum absolute atomic E-state index is 11.7. The molecule has 6 heteroatoms. The second-order valence-corrected chi connectivity index (χ2v) is 8.72. The number of nitrogens with one attached hydrogen (secondary N) is 1. The summed E-state index contributed by atoms with van der Waals surface area (Å²) in [5, 5.41) is 2.95. The van der Waals surface area contributed by atoms with E-state index in [9.17, 15) is 4.79 Å². The SMILES string of the molecule is CC=CCCCCCCCC(=O)NCCC[Si](OC)(OC)OC. The quantitative estimate of drug-likeness (QED) is 0.279. The van der Waals surface area contributed by atoms with Crippen LogP contribution in [0.1, 0.15) is 58.3 Å². The van der Waals surface area contributed by atoms with Gasteiger partial charge in [0.2, 0.25) is 5.91 Å². The van der Waals surface area contributed by atoms with Gasteiger partial charge < -0.3 is 18.6 Å². The van der Waals surface area contributed by atoms with Gasteiger partial charge in [0.25, 0.3) is 0 Å². The summed E-state index contributed by atoms with van der Waals surface area (Å²) in [5.74, 6) is 0.137. The molecule has 5 nitrogen and oxygen atoms in total. The molecule has 0 atom stereocenters. The van der Waals surface area contributed by atoms with Crippen LogP contribution in [-0.4, -0.2) is 42.6 Å². The normalized spacial score (nSPS) is 12.0. The molecule has 0 aliphatic heterocycles. The van der Waals surface area contributed by atoms with Crippen molar-refractivity contribution in [3.05, 3.63) is 12.2 Å². The van der Waals surface area contributed by atoms with Gasteiger partial charge in [-0.2, -0.15) is 0 Å². The van der Waals surface area contributed by atoms with Gasteiger partial charge in [0, 0.05) is 40.3 Å². The second kappa shape index (κ2) is 14.9. The molecule has 0 saturated heterocycles. The Hall–Kier alpha value is -0.693. The van der Waals surface area contributed by atoms with E-state index in [-0.39, 0.29) is 5.91 Å². The zero-order valence-electron chi connectivity index (χ0n) is 15.4. The zero-order chi connectivity index (χ0) is 17.4. The molecular weight excluding hydrogens is 310 g/mol. The van der Waals surface area contributed by atoms with Crippen molar-refractivity contribution in [3.8, 4) is 0 Å². The average molecular weight is 346 g/mol. The molecule has 0 fully saturated rings. The Kier molecular flexibility index (Phi) is 14.4. The lowest BCUT2D eigenvalue weighted by Gasteiger charge is -2.24. The molecule has 0 rings (SSSR count). The van der Waals surface area contributed by atoms with Crippen molar-refractivity contribution in [2.45, 2.75) is 64.3 Å². The van der Waals surface area contributed by atoms with E-state index in [1.54, 1.807) is 21.3 Å². The van der Waals surface area contributed by atoms with Crippen LogP contribution < -0.4 is 5.32 Å². The molecule has 0 unspecified atom stereocenters. The molecule has 0 bridgehead atoms. The first kappa shape index (κ1) is 22.3. The Bertz CT molecular complexity index is 311. The molecule has 0 aromatic heterocycles. The van der Waals surface area contributed by atoms with Crippen LogP contribution in [0.4, 0.5) is 0 Å². The maximum atomic E-state index is 11.7. The molecule has 0 spiro atoms. The van der Waals surface area contributed by atoms with Gasteiger partial charge in [0.05, 0.1) is 0 Å². The van der Waals surface area contributed by atoms with E-state index in [2.05, 4.69) is 24.4 Å². The molecule has 0 radical (unpaired) electrons. The summed E-state index contributed by atoms with van der Waals surface area (Å²) in [6.45, 7) is 2.70. The van der Waals surface area contributed by atoms with Crippen molar-refractivity contribution in [3.63, 3.8) is 0 Å². The number of carbonyl (C=O) groups excluding carboxylic acids is 1. The van der Waals surface area contributed by atoms with Crippen LogP contribution in [0.25, 0.3) is 0 Å². The summed E-state index contributed by atoms with van der Waals surface area (Å²) in [6.07, 6.45) is 12.7. The van der Waals surface area contributed by atoms with Gasteiger partial charge >= 0.3 is 8.80 Å². The third-order valence-electron chi connectivity index (χ3n) is 3.93. The van der Waals surface area contributed by atoms with E-state index in [4.69, 9.17) is 13.3 Å². The Labute approximate surface area is 143 Å². The van der Waals surface area contributed by atoms with Gasteiger partial charge in [-0.1, -0.05) is 31.4 Å². The molecule has 136 valence electrons. The minimum absolute atomic E-state index is 0.137. The minimum Gasteiger partial charge on any atom is -0.377 e. The van der Waals surface area contributed by atoms with Gasteiger partial charge in [0.1, 0.15) is 0 Å². The van der Waals surface area contributed by atoms with Crippen LogP contribution in [0, 0.1) is 0 Å². The monoisotopic (exact) mass is 345 g/mol. The fraction of sp³-hybridized carbons (Fsp3) is 0.824. The summed E-state index contributed by atoms with van der Waals surface area (Å²) in [4.78, 5) is 11.7. The molecule has 0 aromatic carbocycles. The largest absolute Gasteiger partial charge is 0.500 e. The molecule has 0 aliphatic rings. The summed E-state index contributed by atoms with van der Waals surface area (Å²) >= 11 is 0. The maximum Gasteiger partial charge on any atom is 0.500 e. The van der Waals surface area contributed by atoms with Crippen molar-refractivity contribution in [1.82, 2.24) is 5.32 Å². The van der Waals surface area contributed by atoms with E-state index in [1.807, 2.05) is 0 Å². The Balaban J connectivity index is 3.54. The fourth-order valence-corrected chi connectivity index (χ4v) is 4.14. The standard InChI is InChI=1S/C17H35NO4Si/c1-5-6-7-8-9-10-11-12-14-17(19)18-15-13-16-23(20-2,21-3)22-4/h5-6H,7-16H2,1-4H3,(H,18,19).